The van der Waals surface area contributed by atoms with E-state index in [4.69, 9.17) is 4.74 Å². The van der Waals surface area contributed by atoms with Crippen molar-refractivity contribution < 1.29 is 23.9 Å². The van der Waals surface area contributed by atoms with Gasteiger partial charge < -0.3 is 14.8 Å². The molecule has 2 aromatic rings. The summed E-state index contributed by atoms with van der Waals surface area (Å²) < 4.78 is 9.75. The van der Waals surface area contributed by atoms with Crippen LogP contribution in [0.5, 0.6) is 5.75 Å². The number of carbonyl (C=O) groups is 3. The minimum atomic E-state index is -0.711. The number of para-hydroxylation sites is 1. The van der Waals surface area contributed by atoms with E-state index in [0.717, 1.165) is 0 Å². The van der Waals surface area contributed by atoms with Crippen LogP contribution in [0.15, 0.2) is 60.3 Å². The summed E-state index contributed by atoms with van der Waals surface area (Å²) in [5, 5.41) is 2.85. The number of methoxy groups -OCH3 is 1. The molecule has 0 unspecified atom stereocenters. The van der Waals surface area contributed by atoms with E-state index in [1.165, 1.54) is 13.3 Å². The molecule has 3 rings (SSSR count). The third kappa shape index (κ3) is 2.89. The number of nitrogens with one attached hydrogen (secondary N) is 1. The van der Waals surface area contributed by atoms with Crippen molar-refractivity contribution in [2.24, 2.45) is 0 Å². The second-order valence-corrected chi connectivity index (χ2v) is 4.99. The summed E-state index contributed by atoms with van der Waals surface area (Å²) in [6.45, 7) is 0. The maximum Gasteiger partial charge on any atom is 0.349 e. The second-order valence-electron chi connectivity index (χ2n) is 4.99. The molecular formula is C18H13NO5. The number of ether oxygens (including phenoxy) is 2. The number of hydrogen-bond donors (Lipinski definition) is 1. The maximum atomic E-state index is 12.4. The van der Waals surface area contributed by atoms with Crippen molar-refractivity contribution in [3.05, 3.63) is 71.4 Å². The van der Waals surface area contributed by atoms with Crippen molar-refractivity contribution in [1.82, 2.24) is 0 Å². The molecule has 1 aliphatic heterocycles. The molecule has 0 aromatic heterocycles. The van der Waals surface area contributed by atoms with Crippen molar-refractivity contribution in [2.75, 3.05) is 12.4 Å². The van der Waals surface area contributed by atoms with Gasteiger partial charge in [-0.05, 0) is 36.4 Å². The number of benzene rings is 2. The normalized spacial score (nSPS) is 14.8. The Morgan fingerprint density at radius 1 is 1.08 bits per heavy atom. The molecule has 0 bridgehead atoms. The Labute approximate surface area is 137 Å². The Hall–Kier alpha value is -3.41. The summed E-state index contributed by atoms with van der Waals surface area (Å²) in [7, 11) is 1.30. The number of fused-ring (bicyclic) bond motifs is 1. The van der Waals surface area contributed by atoms with E-state index in [0.29, 0.717) is 16.8 Å². The largest absolute Gasteiger partial charge is 0.465 e. The highest BCUT2D eigenvalue weighted by atomic mass is 16.5. The molecule has 6 nitrogen and oxygen atoms in total. The number of esters is 2. The molecule has 6 heteroatoms. The van der Waals surface area contributed by atoms with Gasteiger partial charge in [-0.1, -0.05) is 12.1 Å². The molecule has 120 valence electrons. The highest BCUT2D eigenvalue weighted by Gasteiger charge is 2.30. The fraction of sp³-hybridized carbons (Fsp3) is 0.0556. The summed E-state index contributed by atoms with van der Waals surface area (Å²) in [5.74, 6) is -1.30. The van der Waals surface area contributed by atoms with Crippen LogP contribution >= 0.6 is 0 Å². The zero-order valence-corrected chi connectivity index (χ0v) is 12.7. The van der Waals surface area contributed by atoms with E-state index >= 15 is 0 Å². The molecular weight excluding hydrogens is 310 g/mol. The van der Waals surface area contributed by atoms with Crippen LogP contribution in [-0.4, -0.2) is 24.8 Å². The zero-order chi connectivity index (χ0) is 17.1. The quantitative estimate of drug-likeness (QED) is 0.405. The third-order valence-corrected chi connectivity index (χ3v) is 3.49. The third-order valence-electron chi connectivity index (χ3n) is 3.49. The van der Waals surface area contributed by atoms with Crippen LogP contribution < -0.4 is 10.1 Å². The Morgan fingerprint density at radius 3 is 2.50 bits per heavy atom. The Kier molecular flexibility index (Phi) is 4.11. The van der Waals surface area contributed by atoms with Crippen molar-refractivity contribution in [1.29, 1.82) is 0 Å². The average molecular weight is 323 g/mol. The lowest BCUT2D eigenvalue weighted by molar-refractivity contribution is -0.130. The highest BCUT2D eigenvalue weighted by molar-refractivity contribution is 6.27. The molecule has 0 radical (unpaired) electrons. The number of rotatable bonds is 3. The van der Waals surface area contributed by atoms with Gasteiger partial charge in [0.1, 0.15) is 11.3 Å². The summed E-state index contributed by atoms with van der Waals surface area (Å²) in [4.78, 5) is 35.7. The lowest BCUT2D eigenvalue weighted by Gasteiger charge is -2.16. The first kappa shape index (κ1) is 15.5. The lowest BCUT2D eigenvalue weighted by Crippen LogP contribution is -2.25. The van der Waals surface area contributed by atoms with Gasteiger partial charge in [-0.2, -0.15) is 0 Å². The van der Waals surface area contributed by atoms with Gasteiger partial charge in [0.05, 0.1) is 18.2 Å². The van der Waals surface area contributed by atoms with Crippen molar-refractivity contribution in [2.45, 2.75) is 0 Å². The number of ketones is 1. The molecule has 0 atom stereocenters. The molecule has 1 N–H and O–H groups in total. The van der Waals surface area contributed by atoms with Crippen LogP contribution in [0.4, 0.5) is 5.69 Å². The molecule has 1 heterocycles. The standard InChI is InChI=1S/C18H13NO5/c1-23-17(21)11-6-8-12(9-7-11)19-10-14-16(20)13-4-2-3-5-15(13)24-18(14)22/h2-10,19H,1H3. The Bertz CT molecular complexity index is 852. The first-order valence-electron chi connectivity index (χ1n) is 7.11. The van der Waals surface area contributed by atoms with Crippen molar-refractivity contribution >= 4 is 23.4 Å². The highest BCUT2D eigenvalue weighted by Crippen LogP contribution is 2.27. The van der Waals surface area contributed by atoms with Crippen LogP contribution in [0, 0.1) is 0 Å². The summed E-state index contributed by atoms with van der Waals surface area (Å²) >= 11 is 0. The van der Waals surface area contributed by atoms with Crippen LogP contribution in [0.25, 0.3) is 0 Å². The van der Waals surface area contributed by atoms with E-state index in [1.54, 1.807) is 48.5 Å². The Balaban J connectivity index is 1.81. The van der Waals surface area contributed by atoms with Crippen LogP contribution in [-0.2, 0) is 9.53 Å². The molecule has 0 fully saturated rings. The van der Waals surface area contributed by atoms with Gasteiger partial charge in [0.25, 0.3) is 0 Å². The minimum Gasteiger partial charge on any atom is -0.465 e. The number of anilines is 1. The molecule has 0 saturated carbocycles. The van der Waals surface area contributed by atoms with E-state index in [1.807, 2.05) is 0 Å². The first-order chi connectivity index (χ1) is 11.6. The van der Waals surface area contributed by atoms with E-state index in [2.05, 4.69) is 10.1 Å². The summed E-state index contributed by atoms with van der Waals surface area (Å²) in [6, 6.07) is 13.0. The summed E-state index contributed by atoms with van der Waals surface area (Å²) in [5.41, 5.74) is 1.25. The maximum absolute atomic E-state index is 12.4. The van der Waals surface area contributed by atoms with Gasteiger partial charge in [-0.25, -0.2) is 9.59 Å². The molecule has 0 spiro atoms. The lowest BCUT2D eigenvalue weighted by atomic mass is 10.0. The van der Waals surface area contributed by atoms with Crippen molar-refractivity contribution in [3.8, 4) is 5.75 Å². The van der Waals surface area contributed by atoms with Gasteiger partial charge in [0, 0.05) is 11.9 Å². The average Bonchev–Trinajstić information content (AvgIpc) is 2.61. The number of hydrogen-bond acceptors (Lipinski definition) is 6. The van der Waals surface area contributed by atoms with E-state index in [-0.39, 0.29) is 11.3 Å². The fourth-order valence-electron chi connectivity index (χ4n) is 2.24. The number of Topliss-reactive ketones (excluding diaryl/α,β-unsaturated/α-hetero) is 1. The molecule has 0 saturated heterocycles. The van der Waals surface area contributed by atoms with Crippen molar-refractivity contribution in [3.63, 3.8) is 0 Å². The van der Waals surface area contributed by atoms with Crippen LogP contribution in [0.1, 0.15) is 20.7 Å². The Morgan fingerprint density at radius 2 is 1.79 bits per heavy atom. The zero-order valence-electron chi connectivity index (χ0n) is 12.7. The number of carbonyl (C=O) groups excluding carboxylic acids is 3. The fourth-order valence-corrected chi connectivity index (χ4v) is 2.24. The minimum absolute atomic E-state index is 0.0919. The molecule has 1 aliphatic rings. The molecule has 2 aromatic carbocycles. The summed E-state index contributed by atoms with van der Waals surface area (Å²) in [6.07, 6.45) is 1.30. The van der Waals surface area contributed by atoms with E-state index in [9.17, 15) is 14.4 Å². The van der Waals surface area contributed by atoms with Gasteiger partial charge in [0.2, 0.25) is 5.78 Å². The molecule has 0 aliphatic carbocycles. The van der Waals surface area contributed by atoms with E-state index < -0.39 is 17.7 Å². The first-order valence-corrected chi connectivity index (χ1v) is 7.11. The van der Waals surface area contributed by atoms with Crippen LogP contribution in [0.2, 0.25) is 0 Å². The van der Waals surface area contributed by atoms with Gasteiger partial charge in [-0.3, -0.25) is 4.79 Å². The second kappa shape index (κ2) is 6.37. The predicted molar refractivity (Wildman–Crippen MR) is 85.9 cm³/mol. The molecule has 0 amide bonds. The topological polar surface area (TPSA) is 81.7 Å². The van der Waals surface area contributed by atoms with Gasteiger partial charge in [0.15, 0.2) is 0 Å². The smallest absolute Gasteiger partial charge is 0.349 e. The van der Waals surface area contributed by atoms with Gasteiger partial charge >= 0.3 is 11.9 Å². The van der Waals surface area contributed by atoms with Crippen LogP contribution in [0.3, 0.4) is 0 Å². The monoisotopic (exact) mass is 323 g/mol. The predicted octanol–water partition coefficient (Wildman–Crippen LogP) is 2.57. The SMILES string of the molecule is COC(=O)c1ccc(NC=C2C(=O)Oc3ccccc3C2=O)cc1. The molecule has 24 heavy (non-hydrogen) atoms. The van der Waals surface area contributed by atoms with Gasteiger partial charge in [-0.15, -0.1) is 0 Å².